The minimum Gasteiger partial charge on any atom is -0.406 e. The number of fused-ring (bicyclic) bond motifs is 1. The summed E-state index contributed by atoms with van der Waals surface area (Å²) < 4.78 is 66.0. The molecule has 30 heavy (non-hydrogen) atoms. The Hall–Kier alpha value is -2.92. The number of halogens is 3. The van der Waals surface area contributed by atoms with Crippen molar-refractivity contribution in [2.24, 2.45) is 0 Å². The number of aromatic amines is 1. The molecule has 0 spiro atoms. The number of rotatable bonds is 6. The van der Waals surface area contributed by atoms with Gasteiger partial charge in [-0.2, -0.15) is 0 Å². The fourth-order valence-corrected chi connectivity index (χ4v) is 3.40. The van der Waals surface area contributed by atoms with Crippen LogP contribution in [0.5, 0.6) is 5.75 Å². The van der Waals surface area contributed by atoms with Crippen molar-refractivity contribution in [2.75, 3.05) is 12.8 Å². The molecular weight excluding hydrogens is 423 g/mol. The third-order valence-corrected chi connectivity index (χ3v) is 4.95. The summed E-state index contributed by atoms with van der Waals surface area (Å²) in [6.07, 6.45) is -3.44. The molecule has 7 nitrogen and oxygen atoms in total. The lowest BCUT2D eigenvalue weighted by Gasteiger charge is -2.12. The molecule has 0 saturated heterocycles. The van der Waals surface area contributed by atoms with Gasteiger partial charge in [-0.25, -0.2) is 18.1 Å². The highest BCUT2D eigenvalue weighted by molar-refractivity contribution is 7.88. The number of aromatic nitrogens is 2. The first-order valence-corrected chi connectivity index (χ1v) is 10.6. The molecule has 0 aliphatic rings. The Balaban J connectivity index is 2.02. The average molecular weight is 441 g/mol. The number of ether oxygens (including phenoxy) is 1. The normalized spacial score (nSPS) is 12.3. The van der Waals surface area contributed by atoms with Gasteiger partial charge in [-0.1, -0.05) is 12.1 Å². The Morgan fingerprint density at radius 3 is 2.40 bits per heavy atom. The Bertz CT molecular complexity index is 1240. The first kappa shape index (κ1) is 21.8. The third-order valence-electron chi connectivity index (χ3n) is 4.22. The Labute approximate surface area is 170 Å². The highest BCUT2D eigenvalue weighted by Crippen LogP contribution is 2.29. The summed E-state index contributed by atoms with van der Waals surface area (Å²) in [5, 5.41) is 0. The summed E-state index contributed by atoms with van der Waals surface area (Å²) >= 11 is 0. The lowest BCUT2D eigenvalue weighted by atomic mass is 9.99. The third kappa shape index (κ3) is 5.57. The highest BCUT2D eigenvalue weighted by atomic mass is 32.2. The van der Waals surface area contributed by atoms with Gasteiger partial charge in [-0.15, -0.1) is 13.2 Å². The number of H-pyrrole nitrogens is 1. The van der Waals surface area contributed by atoms with Crippen LogP contribution in [0.15, 0.2) is 41.2 Å². The molecule has 160 valence electrons. The summed E-state index contributed by atoms with van der Waals surface area (Å²) in [6, 6.07) is 8.72. The monoisotopic (exact) mass is 441 g/mol. The van der Waals surface area contributed by atoms with Crippen molar-refractivity contribution < 1.29 is 26.3 Å². The van der Waals surface area contributed by atoms with Gasteiger partial charge in [0.2, 0.25) is 10.0 Å². The first-order valence-electron chi connectivity index (χ1n) is 8.76. The summed E-state index contributed by atoms with van der Waals surface area (Å²) in [5.41, 5.74) is 2.74. The van der Waals surface area contributed by atoms with Gasteiger partial charge in [-0.05, 0) is 54.3 Å². The molecule has 3 rings (SSSR count). The number of benzene rings is 2. The van der Waals surface area contributed by atoms with Crippen LogP contribution in [0, 0.1) is 6.92 Å². The van der Waals surface area contributed by atoms with E-state index in [1.54, 1.807) is 19.1 Å². The van der Waals surface area contributed by atoms with E-state index in [9.17, 15) is 26.4 Å². The van der Waals surface area contributed by atoms with Gasteiger partial charge in [0.15, 0.2) is 0 Å². The van der Waals surface area contributed by atoms with Gasteiger partial charge in [-0.3, -0.25) is 4.79 Å². The second-order valence-corrected chi connectivity index (χ2v) is 8.50. The van der Waals surface area contributed by atoms with E-state index in [0.29, 0.717) is 34.1 Å². The minimum absolute atomic E-state index is 0.121. The maximum absolute atomic E-state index is 12.4. The van der Waals surface area contributed by atoms with E-state index in [1.807, 2.05) is 0 Å². The van der Waals surface area contributed by atoms with Crippen molar-refractivity contribution in [1.82, 2.24) is 14.7 Å². The molecule has 0 unspecified atom stereocenters. The molecule has 1 heterocycles. The molecule has 0 saturated carbocycles. The molecule has 0 aliphatic heterocycles. The first-order chi connectivity index (χ1) is 13.9. The van der Waals surface area contributed by atoms with Crippen molar-refractivity contribution in [3.8, 4) is 16.9 Å². The fourth-order valence-electron chi connectivity index (χ4n) is 2.93. The van der Waals surface area contributed by atoms with Crippen LogP contribution in [0.25, 0.3) is 22.2 Å². The second-order valence-electron chi connectivity index (χ2n) is 6.67. The van der Waals surface area contributed by atoms with E-state index in [2.05, 4.69) is 19.4 Å². The molecule has 2 N–H and O–H groups in total. The van der Waals surface area contributed by atoms with E-state index in [4.69, 9.17) is 0 Å². The van der Waals surface area contributed by atoms with Crippen LogP contribution in [0.2, 0.25) is 0 Å². The smallest absolute Gasteiger partial charge is 0.406 e. The van der Waals surface area contributed by atoms with Gasteiger partial charge in [0.25, 0.3) is 5.56 Å². The van der Waals surface area contributed by atoms with Crippen LogP contribution in [-0.4, -0.2) is 37.5 Å². The van der Waals surface area contributed by atoms with Gasteiger partial charge in [0.05, 0.1) is 17.3 Å². The molecule has 0 bridgehead atoms. The van der Waals surface area contributed by atoms with E-state index in [0.717, 1.165) is 6.26 Å². The van der Waals surface area contributed by atoms with E-state index < -0.39 is 16.4 Å². The maximum Gasteiger partial charge on any atom is 0.573 e. The SMILES string of the molecule is Cc1nc2c(CCNS(C)(=O)=O)cc(-c3ccc(OC(F)(F)F)cc3)cc2[nH]c1=O. The zero-order chi connectivity index (χ0) is 22.1. The fraction of sp³-hybridized carbons (Fsp3) is 0.263. The number of nitrogens with one attached hydrogen (secondary N) is 2. The predicted molar refractivity (Wildman–Crippen MR) is 106 cm³/mol. The quantitative estimate of drug-likeness (QED) is 0.613. The van der Waals surface area contributed by atoms with Crippen LogP contribution in [0.4, 0.5) is 13.2 Å². The second kappa shape index (κ2) is 8.07. The molecule has 0 radical (unpaired) electrons. The van der Waals surface area contributed by atoms with Gasteiger partial charge in [0, 0.05) is 6.54 Å². The maximum atomic E-state index is 12.4. The topological polar surface area (TPSA) is 101 Å². The standard InChI is InChI=1S/C19H18F3N3O4S/c1-11-18(26)25-16-10-14(12-3-5-15(6-4-12)29-19(20,21)22)9-13(17(16)24-11)7-8-23-30(2,27)28/h3-6,9-10,23H,7-8H2,1-2H3,(H,25,26). The van der Waals surface area contributed by atoms with Crippen LogP contribution in [-0.2, 0) is 16.4 Å². The van der Waals surface area contributed by atoms with Crippen LogP contribution < -0.4 is 15.0 Å². The molecule has 0 aliphatic carbocycles. The van der Waals surface area contributed by atoms with Crippen LogP contribution in [0.1, 0.15) is 11.3 Å². The molecule has 1 aromatic heterocycles. The molecule has 3 aromatic rings. The highest BCUT2D eigenvalue weighted by Gasteiger charge is 2.31. The van der Waals surface area contributed by atoms with Crippen molar-refractivity contribution in [2.45, 2.75) is 19.7 Å². The van der Waals surface area contributed by atoms with E-state index in [1.165, 1.54) is 24.3 Å². The summed E-state index contributed by atoms with van der Waals surface area (Å²) in [5.74, 6) is -0.352. The van der Waals surface area contributed by atoms with Crippen molar-refractivity contribution in [1.29, 1.82) is 0 Å². The number of hydrogen-bond acceptors (Lipinski definition) is 5. The molecule has 11 heteroatoms. The van der Waals surface area contributed by atoms with Crippen molar-refractivity contribution >= 4 is 21.1 Å². The van der Waals surface area contributed by atoms with Crippen LogP contribution in [0.3, 0.4) is 0 Å². The molecular formula is C19H18F3N3O4S. The summed E-state index contributed by atoms with van der Waals surface area (Å²) in [7, 11) is -3.38. The van der Waals surface area contributed by atoms with Crippen molar-refractivity contribution in [3.05, 3.63) is 58.0 Å². The predicted octanol–water partition coefficient (Wildman–Crippen LogP) is 2.89. The molecule has 0 atom stereocenters. The largest absolute Gasteiger partial charge is 0.573 e. The van der Waals surface area contributed by atoms with Gasteiger partial charge in [0.1, 0.15) is 11.4 Å². The minimum atomic E-state index is -4.78. The number of nitrogens with zero attached hydrogens (tertiary/aromatic N) is 1. The number of aryl methyl sites for hydroxylation is 1. The Kier molecular flexibility index (Phi) is 5.86. The number of sulfonamides is 1. The number of hydrogen-bond donors (Lipinski definition) is 2. The Morgan fingerprint density at radius 2 is 1.80 bits per heavy atom. The van der Waals surface area contributed by atoms with Crippen LogP contribution >= 0.6 is 0 Å². The number of alkyl halides is 3. The van der Waals surface area contributed by atoms with Crippen molar-refractivity contribution in [3.63, 3.8) is 0 Å². The average Bonchev–Trinajstić information content (AvgIpc) is 2.61. The zero-order valence-electron chi connectivity index (χ0n) is 16.0. The zero-order valence-corrected chi connectivity index (χ0v) is 16.8. The molecule has 0 fully saturated rings. The van der Waals surface area contributed by atoms with E-state index >= 15 is 0 Å². The lowest BCUT2D eigenvalue weighted by molar-refractivity contribution is -0.274. The summed E-state index contributed by atoms with van der Waals surface area (Å²) in [6.45, 7) is 1.68. The van der Waals surface area contributed by atoms with Gasteiger partial charge < -0.3 is 9.72 Å². The van der Waals surface area contributed by atoms with Gasteiger partial charge >= 0.3 is 6.36 Å². The Morgan fingerprint density at radius 1 is 1.13 bits per heavy atom. The molecule has 2 aromatic carbocycles. The lowest BCUT2D eigenvalue weighted by Crippen LogP contribution is -2.24. The summed E-state index contributed by atoms with van der Waals surface area (Å²) in [4.78, 5) is 19.0. The molecule has 0 amide bonds. The van der Waals surface area contributed by atoms with E-state index in [-0.39, 0.29) is 23.5 Å².